The van der Waals surface area contributed by atoms with Gasteiger partial charge in [-0.2, -0.15) is 0 Å². The molecule has 0 bridgehead atoms. The zero-order valence-electron chi connectivity index (χ0n) is 19.1. The van der Waals surface area contributed by atoms with Crippen LogP contribution in [0.25, 0.3) is 10.9 Å². The molecule has 1 aromatic heterocycles. The number of ether oxygens (including phenoxy) is 1. The lowest BCUT2D eigenvalue weighted by Gasteiger charge is -2.29. The molecule has 33 heavy (non-hydrogen) atoms. The van der Waals surface area contributed by atoms with Gasteiger partial charge in [-0.3, -0.25) is 9.36 Å². The third-order valence-corrected chi connectivity index (χ3v) is 7.91. The number of benzene rings is 2. The minimum absolute atomic E-state index is 0.113. The summed E-state index contributed by atoms with van der Waals surface area (Å²) >= 11 is 3.36. The Labute approximate surface area is 201 Å². The fraction of sp³-hybridized carbons (Fsp3) is 0.391. The Balaban J connectivity index is 1.85. The maximum absolute atomic E-state index is 13.3. The number of aromatic nitrogens is 2. The molecule has 1 N–H and O–H groups in total. The molecule has 8 nitrogen and oxygen atoms in total. The summed E-state index contributed by atoms with van der Waals surface area (Å²) in [4.78, 5) is 20.4. The molecule has 1 atom stereocenters. The standard InChI is InChI=1S/C23H27BrN4O4S/c1-14-12-16(15(2)25-19-7-5-6-18(24)21(19)33(4,30)31)20-17(13-14)22(29)27(3)23(26-20)28-8-10-32-11-9-28/h5-7,12-13,15,25H,8-11H2,1-4H3/t15-/m1/s1. The lowest BCUT2D eigenvalue weighted by molar-refractivity contribution is 0.121. The molecule has 0 saturated carbocycles. The van der Waals surface area contributed by atoms with Crippen LogP contribution in [0.4, 0.5) is 11.6 Å². The Kier molecular flexibility index (Phi) is 6.52. The Morgan fingerprint density at radius 2 is 1.91 bits per heavy atom. The van der Waals surface area contributed by atoms with Crippen molar-refractivity contribution >= 4 is 48.3 Å². The summed E-state index contributed by atoms with van der Waals surface area (Å²) in [5, 5.41) is 3.87. The van der Waals surface area contributed by atoms with Gasteiger partial charge in [0.2, 0.25) is 5.95 Å². The van der Waals surface area contributed by atoms with Gasteiger partial charge in [-0.1, -0.05) is 12.1 Å². The van der Waals surface area contributed by atoms with Gasteiger partial charge in [-0.25, -0.2) is 13.4 Å². The fourth-order valence-corrected chi connectivity index (χ4v) is 6.42. The Hall–Kier alpha value is -2.43. The third-order valence-electron chi connectivity index (χ3n) is 5.80. The van der Waals surface area contributed by atoms with Crippen LogP contribution < -0.4 is 15.8 Å². The molecule has 3 aromatic rings. The van der Waals surface area contributed by atoms with Crippen molar-refractivity contribution in [2.45, 2.75) is 24.8 Å². The second kappa shape index (κ2) is 9.08. The summed E-state index contributed by atoms with van der Waals surface area (Å²) in [6.45, 7) is 6.38. The number of halogens is 1. The first kappa shape index (κ1) is 23.7. The normalized spacial score (nSPS) is 15.6. The minimum Gasteiger partial charge on any atom is -0.378 e. The molecule has 10 heteroatoms. The number of anilines is 2. The average molecular weight is 535 g/mol. The molecular formula is C23H27BrN4O4S. The van der Waals surface area contributed by atoms with Crippen LogP contribution in [0.5, 0.6) is 0 Å². The van der Waals surface area contributed by atoms with Crippen molar-refractivity contribution in [2.75, 3.05) is 42.8 Å². The third kappa shape index (κ3) is 4.64. The second-order valence-electron chi connectivity index (χ2n) is 8.38. The van der Waals surface area contributed by atoms with Crippen LogP contribution in [0, 0.1) is 6.92 Å². The van der Waals surface area contributed by atoms with Crippen molar-refractivity contribution in [3.05, 3.63) is 56.3 Å². The molecule has 1 saturated heterocycles. The van der Waals surface area contributed by atoms with E-state index in [4.69, 9.17) is 9.72 Å². The van der Waals surface area contributed by atoms with Crippen LogP contribution >= 0.6 is 15.9 Å². The van der Waals surface area contributed by atoms with Gasteiger partial charge in [0.05, 0.1) is 35.8 Å². The van der Waals surface area contributed by atoms with Crippen molar-refractivity contribution in [1.82, 2.24) is 9.55 Å². The van der Waals surface area contributed by atoms with E-state index < -0.39 is 9.84 Å². The van der Waals surface area contributed by atoms with E-state index in [2.05, 4.69) is 26.1 Å². The molecule has 1 fully saturated rings. The largest absolute Gasteiger partial charge is 0.378 e. The van der Waals surface area contributed by atoms with Crippen molar-refractivity contribution in [2.24, 2.45) is 7.05 Å². The van der Waals surface area contributed by atoms with Crippen molar-refractivity contribution in [3.8, 4) is 0 Å². The Bertz CT molecular complexity index is 1380. The maximum Gasteiger partial charge on any atom is 0.262 e. The van der Waals surface area contributed by atoms with Crippen LogP contribution in [0.1, 0.15) is 24.1 Å². The van der Waals surface area contributed by atoms with Gasteiger partial charge in [-0.05, 0) is 53.5 Å². The van der Waals surface area contributed by atoms with Crippen LogP contribution in [-0.2, 0) is 21.6 Å². The summed E-state index contributed by atoms with van der Waals surface area (Å²) in [7, 11) is -1.73. The number of morpholine rings is 1. The molecule has 176 valence electrons. The summed E-state index contributed by atoms with van der Waals surface area (Å²) in [6, 6.07) is 8.76. The quantitative estimate of drug-likeness (QED) is 0.535. The van der Waals surface area contributed by atoms with E-state index in [1.165, 1.54) is 6.26 Å². The molecule has 0 amide bonds. The van der Waals surface area contributed by atoms with Crippen LogP contribution in [0.3, 0.4) is 0 Å². The summed E-state index contributed by atoms with van der Waals surface area (Å²) < 4.78 is 32.4. The number of fused-ring (bicyclic) bond motifs is 1. The highest BCUT2D eigenvalue weighted by molar-refractivity contribution is 9.10. The van der Waals surface area contributed by atoms with Gasteiger partial charge < -0.3 is 15.0 Å². The number of hydrogen-bond donors (Lipinski definition) is 1. The highest BCUT2D eigenvalue weighted by atomic mass is 79.9. The highest BCUT2D eigenvalue weighted by Crippen LogP contribution is 2.33. The van der Waals surface area contributed by atoms with Crippen molar-refractivity contribution < 1.29 is 13.2 Å². The lowest BCUT2D eigenvalue weighted by Crippen LogP contribution is -2.40. The monoisotopic (exact) mass is 534 g/mol. The number of sulfone groups is 1. The SMILES string of the molecule is Cc1cc([C@@H](C)Nc2cccc(Br)c2S(C)(=O)=O)c2nc(N3CCOCC3)n(C)c(=O)c2c1. The van der Waals surface area contributed by atoms with Gasteiger partial charge >= 0.3 is 0 Å². The van der Waals surface area contributed by atoms with E-state index >= 15 is 0 Å². The second-order valence-corrected chi connectivity index (χ2v) is 11.2. The molecule has 0 spiro atoms. The Morgan fingerprint density at radius 3 is 2.58 bits per heavy atom. The van der Waals surface area contributed by atoms with Gasteiger partial charge in [0.15, 0.2) is 9.84 Å². The van der Waals surface area contributed by atoms with Crippen LogP contribution in [0.2, 0.25) is 0 Å². The topological polar surface area (TPSA) is 93.5 Å². The number of hydrogen-bond acceptors (Lipinski definition) is 7. The molecule has 2 heterocycles. The molecule has 1 aliphatic heterocycles. The van der Waals surface area contributed by atoms with Gasteiger partial charge in [0, 0.05) is 36.4 Å². The zero-order valence-corrected chi connectivity index (χ0v) is 21.5. The number of nitrogens with one attached hydrogen (secondary N) is 1. The highest BCUT2D eigenvalue weighted by Gasteiger charge is 2.23. The predicted molar refractivity (Wildman–Crippen MR) is 134 cm³/mol. The Morgan fingerprint density at radius 1 is 1.21 bits per heavy atom. The van der Waals surface area contributed by atoms with E-state index in [0.717, 1.165) is 11.1 Å². The molecule has 0 radical (unpaired) electrons. The first-order valence-electron chi connectivity index (χ1n) is 10.7. The smallest absolute Gasteiger partial charge is 0.262 e. The van der Waals surface area contributed by atoms with E-state index in [1.54, 1.807) is 29.8 Å². The van der Waals surface area contributed by atoms with E-state index in [0.29, 0.717) is 53.3 Å². The lowest BCUT2D eigenvalue weighted by atomic mass is 10.0. The van der Waals surface area contributed by atoms with E-state index in [1.807, 2.05) is 26.0 Å². The molecule has 4 rings (SSSR count). The molecule has 0 unspecified atom stereocenters. The van der Waals surface area contributed by atoms with Crippen molar-refractivity contribution in [1.29, 1.82) is 0 Å². The van der Waals surface area contributed by atoms with E-state index in [9.17, 15) is 13.2 Å². The first-order valence-corrected chi connectivity index (χ1v) is 13.4. The van der Waals surface area contributed by atoms with Crippen LogP contribution in [0.15, 0.2) is 44.5 Å². The number of aryl methyl sites for hydroxylation is 1. The molecule has 0 aliphatic carbocycles. The molecular weight excluding hydrogens is 508 g/mol. The predicted octanol–water partition coefficient (Wildman–Crippen LogP) is 3.42. The number of rotatable bonds is 5. The van der Waals surface area contributed by atoms with E-state index in [-0.39, 0.29) is 16.5 Å². The summed E-state index contributed by atoms with van der Waals surface area (Å²) in [5.74, 6) is 0.604. The molecule has 1 aliphatic rings. The fourth-order valence-electron chi connectivity index (χ4n) is 4.23. The maximum atomic E-state index is 13.3. The minimum atomic E-state index is -3.47. The van der Waals surface area contributed by atoms with Crippen LogP contribution in [-0.4, -0.2) is 50.5 Å². The zero-order chi connectivity index (χ0) is 23.9. The first-order chi connectivity index (χ1) is 15.6. The molecule has 2 aromatic carbocycles. The summed E-state index contributed by atoms with van der Waals surface area (Å²) in [5.41, 5.74) is 2.75. The van der Waals surface area contributed by atoms with Gasteiger partial charge in [0.1, 0.15) is 4.90 Å². The van der Waals surface area contributed by atoms with Crippen molar-refractivity contribution in [3.63, 3.8) is 0 Å². The number of nitrogens with zero attached hydrogens (tertiary/aromatic N) is 3. The average Bonchev–Trinajstić information content (AvgIpc) is 2.75. The van der Waals surface area contributed by atoms with Gasteiger partial charge in [0.25, 0.3) is 5.56 Å². The van der Waals surface area contributed by atoms with Gasteiger partial charge in [-0.15, -0.1) is 0 Å². The summed E-state index contributed by atoms with van der Waals surface area (Å²) in [6.07, 6.45) is 1.19.